The molecule has 1 fully saturated rings. The van der Waals surface area contributed by atoms with Gasteiger partial charge in [0.2, 0.25) is 5.91 Å². The van der Waals surface area contributed by atoms with Crippen molar-refractivity contribution in [2.24, 2.45) is 0 Å². The molecule has 136 valence electrons. The molecule has 0 saturated heterocycles. The van der Waals surface area contributed by atoms with E-state index in [0.29, 0.717) is 16.3 Å². The number of benzene rings is 2. The molecule has 6 heteroatoms. The molecule has 0 atom stereocenters. The first-order valence-electron chi connectivity index (χ1n) is 8.39. The number of methoxy groups -OCH3 is 1. The van der Waals surface area contributed by atoms with E-state index in [2.05, 4.69) is 16.9 Å². The largest absolute Gasteiger partial charge is 0.496 e. The molecule has 0 radical (unpaired) electrons. The van der Waals surface area contributed by atoms with Gasteiger partial charge in [-0.1, -0.05) is 40.9 Å². The quantitative estimate of drug-likeness (QED) is 0.808. The summed E-state index contributed by atoms with van der Waals surface area (Å²) in [6.45, 7) is 4.03. The minimum atomic E-state index is -0.561. The smallest absolute Gasteiger partial charge is 0.273 e. The van der Waals surface area contributed by atoms with E-state index in [1.807, 2.05) is 26.0 Å². The molecular formula is C20H21ClN2O3. The first-order valence-corrected chi connectivity index (χ1v) is 8.76. The first-order chi connectivity index (χ1) is 12.4. The van der Waals surface area contributed by atoms with Gasteiger partial charge in [-0.3, -0.25) is 20.4 Å². The summed E-state index contributed by atoms with van der Waals surface area (Å²) in [5, 5.41) is 0.467. The molecule has 0 bridgehead atoms. The molecule has 1 aliphatic carbocycles. The molecule has 1 aliphatic rings. The van der Waals surface area contributed by atoms with Crippen LogP contribution in [0.5, 0.6) is 5.75 Å². The summed E-state index contributed by atoms with van der Waals surface area (Å²) in [5.74, 6) is -0.313. The van der Waals surface area contributed by atoms with Crippen LogP contribution >= 0.6 is 11.6 Å². The van der Waals surface area contributed by atoms with Crippen LogP contribution in [0.15, 0.2) is 36.4 Å². The van der Waals surface area contributed by atoms with Crippen molar-refractivity contribution in [2.45, 2.75) is 32.1 Å². The molecule has 26 heavy (non-hydrogen) atoms. The molecule has 2 aromatic carbocycles. The van der Waals surface area contributed by atoms with Gasteiger partial charge in [-0.2, -0.15) is 0 Å². The summed E-state index contributed by atoms with van der Waals surface area (Å²) in [6, 6.07) is 10.8. The zero-order valence-corrected chi connectivity index (χ0v) is 15.7. The maximum absolute atomic E-state index is 12.7. The van der Waals surface area contributed by atoms with Gasteiger partial charge in [0, 0.05) is 5.02 Å². The van der Waals surface area contributed by atoms with Crippen LogP contribution in [0.3, 0.4) is 0 Å². The minimum absolute atomic E-state index is 0.205. The van der Waals surface area contributed by atoms with Crippen molar-refractivity contribution in [1.82, 2.24) is 10.9 Å². The van der Waals surface area contributed by atoms with Crippen LogP contribution < -0.4 is 15.6 Å². The molecule has 0 aromatic heterocycles. The molecule has 5 nitrogen and oxygen atoms in total. The van der Waals surface area contributed by atoms with E-state index >= 15 is 0 Å². The van der Waals surface area contributed by atoms with E-state index in [0.717, 1.165) is 29.5 Å². The van der Waals surface area contributed by atoms with Crippen molar-refractivity contribution < 1.29 is 14.3 Å². The number of nitrogens with one attached hydrogen (secondary N) is 2. The number of halogens is 1. The second kappa shape index (κ2) is 7.00. The fraction of sp³-hybridized carbons (Fsp3) is 0.300. The van der Waals surface area contributed by atoms with Crippen LogP contribution in [-0.2, 0) is 10.2 Å². The molecule has 0 unspecified atom stereocenters. The van der Waals surface area contributed by atoms with E-state index < -0.39 is 11.3 Å². The van der Waals surface area contributed by atoms with Gasteiger partial charge in [-0.15, -0.1) is 0 Å². The van der Waals surface area contributed by atoms with E-state index in [4.69, 9.17) is 16.3 Å². The van der Waals surface area contributed by atoms with Crippen molar-refractivity contribution in [3.8, 4) is 5.75 Å². The third kappa shape index (κ3) is 3.53. The van der Waals surface area contributed by atoms with E-state index in [1.54, 1.807) is 18.2 Å². The minimum Gasteiger partial charge on any atom is -0.496 e. The highest BCUT2D eigenvalue weighted by atomic mass is 35.5. The van der Waals surface area contributed by atoms with Crippen molar-refractivity contribution in [1.29, 1.82) is 0 Å². The lowest BCUT2D eigenvalue weighted by Crippen LogP contribution is -2.46. The van der Waals surface area contributed by atoms with Gasteiger partial charge in [0.05, 0.1) is 18.1 Å². The SMILES string of the molecule is COc1cc(Cl)ccc1C(=O)NNC(=O)C1(c2cc(C)cc(C)c2)CC1. The number of aryl methyl sites for hydroxylation is 2. The lowest BCUT2D eigenvalue weighted by Gasteiger charge is -2.18. The van der Waals surface area contributed by atoms with Crippen LogP contribution in [0.2, 0.25) is 5.02 Å². The molecule has 2 aromatic rings. The zero-order chi connectivity index (χ0) is 18.9. The van der Waals surface area contributed by atoms with Crippen molar-refractivity contribution in [2.75, 3.05) is 7.11 Å². The third-order valence-electron chi connectivity index (χ3n) is 4.66. The van der Waals surface area contributed by atoms with E-state index in [1.165, 1.54) is 7.11 Å². The van der Waals surface area contributed by atoms with Crippen LogP contribution in [0.1, 0.15) is 39.9 Å². The Kier molecular flexibility index (Phi) is 4.92. The Morgan fingerprint density at radius 1 is 1.04 bits per heavy atom. The first kappa shape index (κ1) is 18.3. The maximum atomic E-state index is 12.7. The average molecular weight is 373 g/mol. The molecule has 0 spiro atoms. The normalized spacial score (nSPS) is 14.5. The van der Waals surface area contributed by atoms with Gasteiger partial charge in [-0.25, -0.2) is 0 Å². The molecule has 1 saturated carbocycles. The van der Waals surface area contributed by atoms with Gasteiger partial charge in [0.25, 0.3) is 5.91 Å². The van der Waals surface area contributed by atoms with Crippen LogP contribution in [-0.4, -0.2) is 18.9 Å². The molecule has 0 heterocycles. The molecule has 3 rings (SSSR count). The highest BCUT2D eigenvalue weighted by Gasteiger charge is 2.51. The Morgan fingerprint density at radius 3 is 2.27 bits per heavy atom. The van der Waals surface area contributed by atoms with Gasteiger partial charge < -0.3 is 4.74 Å². The Balaban J connectivity index is 1.72. The highest BCUT2D eigenvalue weighted by Crippen LogP contribution is 2.48. The molecule has 2 N–H and O–H groups in total. The Bertz CT molecular complexity index is 855. The predicted molar refractivity (Wildman–Crippen MR) is 100 cm³/mol. The summed E-state index contributed by atoms with van der Waals surface area (Å²) in [5.41, 5.74) is 8.00. The Hall–Kier alpha value is -2.53. The molecule has 0 aliphatic heterocycles. The van der Waals surface area contributed by atoms with Crippen LogP contribution in [0.4, 0.5) is 0 Å². The van der Waals surface area contributed by atoms with Crippen molar-refractivity contribution >= 4 is 23.4 Å². The number of amides is 2. The summed E-state index contributed by atoms with van der Waals surface area (Å²) >= 11 is 5.91. The summed E-state index contributed by atoms with van der Waals surface area (Å²) in [7, 11) is 1.46. The number of carbonyl (C=O) groups is 2. The monoisotopic (exact) mass is 372 g/mol. The fourth-order valence-electron chi connectivity index (χ4n) is 3.18. The molecule has 2 amide bonds. The van der Waals surface area contributed by atoms with Crippen LogP contribution in [0.25, 0.3) is 0 Å². The number of hydrogen-bond acceptors (Lipinski definition) is 3. The van der Waals surface area contributed by atoms with Gasteiger partial charge >= 0.3 is 0 Å². The number of ether oxygens (including phenoxy) is 1. The van der Waals surface area contributed by atoms with E-state index in [9.17, 15) is 9.59 Å². The van der Waals surface area contributed by atoms with Gasteiger partial charge in [0.1, 0.15) is 5.75 Å². The summed E-state index contributed by atoms with van der Waals surface area (Å²) in [6.07, 6.45) is 1.53. The summed E-state index contributed by atoms with van der Waals surface area (Å²) < 4.78 is 5.17. The number of hydrazine groups is 1. The summed E-state index contributed by atoms with van der Waals surface area (Å²) in [4.78, 5) is 25.1. The maximum Gasteiger partial charge on any atom is 0.273 e. The van der Waals surface area contributed by atoms with Gasteiger partial charge in [0.15, 0.2) is 0 Å². The number of hydrogen-bond donors (Lipinski definition) is 2. The van der Waals surface area contributed by atoms with Crippen LogP contribution in [0, 0.1) is 13.8 Å². The zero-order valence-electron chi connectivity index (χ0n) is 15.0. The standard InChI is InChI=1S/C20H21ClN2O3/c1-12-8-13(2)10-14(9-12)20(6-7-20)19(25)23-22-18(24)16-5-4-15(21)11-17(16)26-3/h4-5,8-11H,6-7H2,1-3H3,(H,22,24)(H,23,25). The lowest BCUT2D eigenvalue weighted by atomic mass is 9.92. The number of rotatable bonds is 4. The Labute approximate surface area is 157 Å². The predicted octanol–water partition coefficient (Wildman–Crippen LogP) is 3.46. The Morgan fingerprint density at radius 2 is 1.69 bits per heavy atom. The van der Waals surface area contributed by atoms with E-state index in [-0.39, 0.29) is 5.91 Å². The fourth-order valence-corrected chi connectivity index (χ4v) is 3.34. The average Bonchev–Trinajstić information content (AvgIpc) is 3.40. The second-order valence-corrected chi connectivity index (χ2v) is 7.15. The molecular weight excluding hydrogens is 352 g/mol. The highest BCUT2D eigenvalue weighted by molar-refractivity contribution is 6.30. The third-order valence-corrected chi connectivity index (χ3v) is 4.89. The van der Waals surface area contributed by atoms with Gasteiger partial charge in [-0.05, 0) is 50.5 Å². The lowest BCUT2D eigenvalue weighted by molar-refractivity contribution is -0.124. The second-order valence-electron chi connectivity index (χ2n) is 6.71. The number of carbonyl (C=O) groups excluding carboxylic acids is 2. The topological polar surface area (TPSA) is 67.4 Å². The van der Waals surface area contributed by atoms with Crippen molar-refractivity contribution in [3.63, 3.8) is 0 Å². The van der Waals surface area contributed by atoms with Crippen molar-refractivity contribution in [3.05, 3.63) is 63.7 Å².